The number of rotatable bonds is 7. The maximum atomic E-state index is 5.92. The molecule has 0 aliphatic heterocycles. The molecule has 17 heavy (non-hydrogen) atoms. The van der Waals surface area contributed by atoms with Crippen molar-refractivity contribution in [3.63, 3.8) is 0 Å². The summed E-state index contributed by atoms with van der Waals surface area (Å²) in [5.74, 6) is 1.53. The van der Waals surface area contributed by atoms with E-state index in [1.54, 1.807) is 7.11 Å². The van der Waals surface area contributed by atoms with Crippen LogP contribution in [0.3, 0.4) is 0 Å². The molecule has 96 valence electrons. The predicted molar refractivity (Wildman–Crippen MR) is 70.2 cm³/mol. The molecule has 1 heterocycles. The van der Waals surface area contributed by atoms with E-state index in [1.807, 2.05) is 0 Å². The van der Waals surface area contributed by atoms with Gasteiger partial charge in [-0.05, 0) is 13.3 Å². The first-order chi connectivity index (χ1) is 8.24. The summed E-state index contributed by atoms with van der Waals surface area (Å²) in [6.45, 7) is 6.62. The summed E-state index contributed by atoms with van der Waals surface area (Å²) in [5.41, 5.74) is 6.97. The molecule has 0 amide bonds. The van der Waals surface area contributed by atoms with Gasteiger partial charge in [-0.1, -0.05) is 13.3 Å². The zero-order chi connectivity index (χ0) is 12.7. The highest BCUT2D eigenvalue weighted by molar-refractivity contribution is 5.56. The summed E-state index contributed by atoms with van der Waals surface area (Å²) >= 11 is 0. The number of methoxy groups -OCH3 is 1. The van der Waals surface area contributed by atoms with E-state index in [2.05, 4.69) is 28.7 Å². The van der Waals surface area contributed by atoms with Crippen molar-refractivity contribution in [3.8, 4) is 0 Å². The van der Waals surface area contributed by atoms with Crippen molar-refractivity contribution in [1.29, 1.82) is 0 Å². The molecule has 0 atom stereocenters. The minimum Gasteiger partial charge on any atom is -0.383 e. The molecule has 5 nitrogen and oxygen atoms in total. The van der Waals surface area contributed by atoms with Crippen LogP contribution in [0, 0.1) is 0 Å². The highest BCUT2D eigenvalue weighted by Gasteiger charge is 2.13. The fourth-order valence-corrected chi connectivity index (χ4v) is 1.79. The minimum absolute atomic E-state index is 0.590. The second-order valence-electron chi connectivity index (χ2n) is 3.88. The van der Waals surface area contributed by atoms with E-state index in [4.69, 9.17) is 10.5 Å². The molecule has 0 spiro atoms. The SMILES string of the molecule is CCCc1c(N)ncnc1N(CC)CCOC. The van der Waals surface area contributed by atoms with Crippen LogP contribution in [0.2, 0.25) is 0 Å². The number of nitrogen functional groups attached to an aromatic ring is 1. The molecule has 2 N–H and O–H groups in total. The molecule has 0 fully saturated rings. The average Bonchev–Trinajstić information content (AvgIpc) is 2.34. The molecule has 0 aliphatic rings. The van der Waals surface area contributed by atoms with Crippen LogP contribution < -0.4 is 10.6 Å². The number of hydrogen-bond donors (Lipinski definition) is 1. The molecule has 0 bridgehead atoms. The molecule has 5 heteroatoms. The molecule has 0 aliphatic carbocycles. The second kappa shape index (κ2) is 7.06. The Morgan fingerprint density at radius 1 is 1.35 bits per heavy atom. The first-order valence-electron chi connectivity index (χ1n) is 6.07. The van der Waals surface area contributed by atoms with Crippen LogP contribution in [0.1, 0.15) is 25.8 Å². The molecular formula is C12H22N4O. The molecule has 0 aromatic carbocycles. The average molecular weight is 238 g/mol. The van der Waals surface area contributed by atoms with Gasteiger partial charge in [0.25, 0.3) is 0 Å². The minimum atomic E-state index is 0.590. The van der Waals surface area contributed by atoms with Gasteiger partial charge in [-0.15, -0.1) is 0 Å². The summed E-state index contributed by atoms with van der Waals surface area (Å²) < 4.78 is 5.11. The Morgan fingerprint density at radius 2 is 2.12 bits per heavy atom. The molecule has 1 aromatic heterocycles. The standard InChI is InChI=1S/C12H22N4O/c1-4-6-10-11(13)14-9-15-12(10)16(5-2)7-8-17-3/h9H,4-8H2,1-3H3,(H2,13,14,15). The monoisotopic (exact) mass is 238 g/mol. The van der Waals surface area contributed by atoms with Gasteiger partial charge in [-0.25, -0.2) is 9.97 Å². The Balaban J connectivity index is 2.96. The van der Waals surface area contributed by atoms with Crippen molar-refractivity contribution in [2.45, 2.75) is 26.7 Å². The van der Waals surface area contributed by atoms with Crippen molar-refractivity contribution in [2.24, 2.45) is 0 Å². The lowest BCUT2D eigenvalue weighted by Gasteiger charge is -2.24. The molecule has 0 unspecified atom stereocenters. The lowest BCUT2D eigenvalue weighted by molar-refractivity contribution is 0.205. The Kier molecular flexibility index (Phi) is 5.69. The van der Waals surface area contributed by atoms with Gasteiger partial charge in [0.15, 0.2) is 0 Å². The van der Waals surface area contributed by atoms with Crippen molar-refractivity contribution in [2.75, 3.05) is 37.4 Å². The van der Waals surface area contributed by atoms with Crippen molar-refractivity contribution in [3.05, 3.63) is 11.9 Å². The second-order valence-corrected chi connectivity index (χ2v) is 3.88. The summed E-state index contributed by atoms with van der Waals surface area (Å²) in [4.78, 5) is 10.6. The molecule has 0 saturated carbocycles. The van der Waals surface area contributed by atoms with Gasteiger partial charge >= 0.3 is 0 Å². The van der Waals surface area contributed by atoms with Gasteiger partial charge in [-0.3, -0.25) is 0 Å². The van der Waals surface area contributed by atoms with Crippen LogP contribution in [-0.4, -0.2) is 36.8 Å². The van der Waals surface area contributed by atoms with E-state index in [1.165, 1.54) is 6.33 Å². The first kappa shape index (κ1) is 13.7. The fourth-order valence-electron chi connectivity index (χ4n) is 1.79. The van der Waals surface area contributed by atoms with Gasteiger partial charge < -0.3 is 15.4 Å². The third-order valence-corrected chi connectivity index (χ3v) is 2.70. The quantitative estimate of drug-likeness (QED) is 0.779. The van der Waals surface area contributed by atoms with Crippen LogP contribution in [0.15, 0.2) is 6.33 Å². The van der Waals surface area contributed by atoms with Gasteiger partial charge in [-0.2, -0.15) is 0 Å². The van der Waals surface area contributed by atoms with E-state index in [-0.39, 0.29) is 0 Å². The lowest BCUT2D eigenvalue weighted by Crippen LogP contribution is -2.29. The zero-order valence-corrected chi connectivity index (χ0v) is 10.9. The summed E-state index contributed by atoms with van der Waals surface area (Å²) in [6, 6.07) is 0. The van der Waals surface area contributed by atoms with Crippen LogP contribution in [-0.2, 0) is 11.2 Å². The maximum Gasteiger partial charge on any atom is 0.137 e. The lowest BCUT2D eigenvalue weighted by atomic mass is 10.1. The van der Waals surface area contributed by atoms with E-state index >= 15 is 0 Å². The largest absolute Gasteiger partial charge is 0.383 e. The predicted octanol–water partition coefficient (Wildman–Crippen LogP) is 1.48. The van der Waals surface area contributed by atoms with Crippen LogP contribution in [0.4, 0.5) is 11.6 Å². The van der Waals surface area contributed by atoms with Gasteiger partial charge in [0.1, 0.15) is 18.0 Å². The smallest absolute Gasteiger partial charge is 0.137 e. The van der Waals surface area contributed by atoms with E-state index in [9.17, 15) is 0 Å². The van der Waals surface area contributed by atoms with Crippen LogP contribution in [0.5, 0.6) is 0 Å². The Labute approximate surface area is 103 Å². The number of likely N-dealkylation sites (N-methyl/N-ethyl adjacent to an activating group) is 1. The third kappa shape index (κ3) is 3.56. The Hall–Kier alpha value is -1.36. The fraction of sp³-hybridized carbons (Fsp3) is 0.667. The maximum absolute atomic E-state index is 5.92. The number of ether oxygens (including phenoxy) is 1. The molecule has 0 saturated heterocycles. The van der Waals surface area contributed by atoms with Gasteiger partial charge in [0.05, 0.1) is 6.61 Å². The summed E-state index contributed by atoms with van der Waals surface area (Å²) in [7, 11) is 1.70. The highest BCUT2D eigenvalue weighted by Crippen LogP contribution is 2.22. The number of aromatic nitrogens is 2. The van der Waals surface area contributed by atoms with Crippen molar-refractivity contribution in [1.82, 2.24) is 9.97 Å². The number of nitrogens with two attached hydrogens (primary N) is 1. The Morgan fingerprint density at radius 3 is 2.71 bits per heavy atom. The molecule has 0 radical (unpaired) electrons. The third-order valence-electron chi connectivity index (χ3n) is 2.70. The summed E-state index contributed by atoms with van der Waals surface area (Å²) in [6.07, 6.45) is 3.47. The Bertz CT molecular complexity index is 343. The van der Waals surface area contributed by atoms with Gasteiger partial charge in [0.2, 0.25) is 0 Å². The van der Waals surface area contributed by atoms with E-state index in [0.717, 1.165) is 37.3 Å². The molecular weight excluding hydrogens is 216 g/mol. The topological polar surface area (TPSA) is 64.3 Å². The van der Waals surface area contributed by atoms with Crippen LogP contribution in [0.25, 0.3) is 0 Å². The van der Waals surface area contributed by atoms with Gasteiger partial charge in [0, 0.05) is 25.8 Å². The van der Waals surface area contributed by atoms with Crippen molar-refractivity contribution >= 4 is 11.6 Å². The number of anilines is 2. The normalized spacial score (nSPS) is 10.5. The summed E-state index contributed by atoms with van der Waals surface area (Å²) in [5, 5.41) is 0. The highest BCUT2D eigenvalue weighted by atomic mass is 16.5. The van der Waals surface area contributed by atoms with Crippen molar-refractivity contribution < 1.29 is 4.74 Å². The molecule has 1 rings (SSSR count). The first-order valence-corrected chi connectivity index (χ1v) is 6.07. The van der Waals surface area contributed by atoms with Crippen LogP contribution >= 0.6 is 0 Å². The number of hydrogen-bond acceptors (Lipinski definition) is 5. The zero-order valence-electron chi connectivity index (χ0n) is 10.9. The van der Waals surface area contributed by atoms with E-state index in [0.29, 0.717) is 12.4 Å². The van der Waals surface area contributed by atoms with E-state index < -0.39 is 0 Å². The molecule has 1 aromatic rings. The number of nitrogens with zero attached hydrogens (tertiary/aromatic N) is 3.